The van der Waals surface area contributed by atoms with Crippen molar-refractivity contribution < 1.29 is 23.8 Å². The summed E-state index contributed by atoms with van der Waals surface area (Å²) in [5.74, 6) is 1.29. The molecule has 1 aromatic carbocycles. The molecular formula is C26H30N4O5. The third-order valence-electron chi connectivity index (χ3n) is 6.54. The van der Waals surface area contributed by atoms with E-state index < -0.39 is 0 Å². The number of nitrogens with zero attached hydrogens (tertiary/aromatic N) is 2. The number of amides is 1. The van der Waals surface area contributed by atoms with Gasteiger partial charge in [-0.1, -0.05) is 6.07 Å². The third kappa shape index (κ3) is 5.24. The van der Waals surface area contributed by atoms with E-state index in [9.17, 15) is 9.59 Å². The monoisotopic (exact) mass is 478 g/mol. The zero-order valence-corrected chi connectivity index (χ0v) is 19.8. The first kappa shape index (κ1) is 23.2. The number of carbonyl (C=O) groups excluding carboxylic acids is 2. The van der Waals surface area contributed by atoms with Crippen molar-refractivity contribution in [1.82, 2.24) is 20.2 Å². The predicted molar refractivity (Wildman–Crippen MR) is 130 cm³/mol. The number of rotatable bonds is 7. The smallest absolute Gasteiger partial charge is 0.354 e. The third-order valence-corrected chi connectivity index (χ3v) is 6.54. The standard InChI is InChI=1S/C26H30N4O5/c1-2-33-26(32)22-13-19-20(29-22)6-7-23-24(19)35-18(16-34-23)15-30-11-8-17(9-12-30)14-28-25(31)21-5-3-4-10-27-21/h3-7,10,13,17-18,29H,2,8-9,11-12,14-16H2,1H3,(H,28,31). The van der Waals surface area contributed by atoms with Crippen LogP contribution >= 0.6 is 0 Å². The summed E-state index contributed by atoms with van der Waals surface area (Å²) in [6, 6.07) is 10.9. The van der Waals surface area contributed by atoms with Crippen molar-refractivity contribution in [1.29, 1.82) is 0 Å². The molecule has 4 heterocycles. The summed E-state index contributed by atoms with van der Waals surface area (Å²) in [5, 5.41) is 3.83. The van der Waals surface area contributed by atoms with Crippen LogP contribution in [0.25, 0.3) is 10.9 Å². The van der Waals surface area contributed by atoms with Crippen LogP contribution in [0.4, 0.5) is 0 Å². The summed E-state index contributed by atoms with van der Waals surface area (Å²) in [6.07, 6.45) is 3.55. The van der Waals surface area contributed by atoms with Crippen LogP contribution in [0.3, 0.4) is 0 Å². The lowest BCUT2D eigenvalue weighted by Crippen LogP contribution is -2.45. The zero-order valence-electron chi connectivity index (χ0n) is 19.8. The topological polar surface area (TPSA) is 106 Å². The van der Waals surface area contributed by atoms with E-state index in [0.717, 1.165) is 43.4 Å². The Balaban J connectivity index is 1.14. The Morgan fingerprint density at radius 2 is 2.09 bits per heavy atom. The molecule has 5 rings (SSSR count). The molecule has 35 heavy (non-hydrogen) atoms. The van der Waals surface area contributed by atoms with Crippen molar-refractivity contribution in [3.63, 3.8) is 0 Å². The molecule has 1 atom stereocenters. The molecule has 3 aromatic rings. The molecule has 1 saturated heterocycles. The van der Waals surface area contributed by atoms with Crippen LogP contribution in [-0.2, 0) is 4.74 Å². The van der Waals surface area contributed by atoms with Crippen molar-refractivity contribution in [2.24, 2.45) is 5.92 Å². The normalized spacial score (nSPS) is 18.4. The lowest BCUT2D eigenvalue weighted by atomic mass is 9.96. The summed E-state index contributed by atoms with van der Waals surface area (Å²) >= 11 is 0. The maximum Gasteiger partial charge on any atom is 0.354 e. The lowest BCUT2D eigenvalue weighted by molar-refractivity contribution is 0.0490. The maximum atomic E-state index is 12.2. The van der Waals surface area contributed by atoms with Gasteiger partial charge in [0.2, 0.25) is 0 Å². The van der Waals surface area contributed by atoms with Crippen LogP contribution in [0, 0.1) is 5.92 Å². The van der Waals surface area contributed by atoms with Gasteiger partial charge in [-0.05, 0) is 69.1 Å². The van der Waals surface area contributed by atoms with Gasteiger partial charge in [0.1, 0.15) is 24.1 Å². The van der Waals surface area contributed by atoms with E-state index >= 15 is 0 Å². The van der Waals surface area contributed by atoms with E-state index in [1.807, 2.05) is 18.2 Å². The van der Waals surface area contributed by atoms with Crippen LogP contribution in [0.2, 0.25) is 0 Å². The molecule has 0 bridgehead atoms. The number of aromatic amines is 1. The fourth-order valence-corrected chi connectivity index (χ4v) is 4.67. The highest BCUT2D eigenvalue weighted by Gasteiger charge is 2.28. The summed E-state index contributed by atoms with van der Waals surface area (Å²) in [7, 11) is 0. The number of fused-ring (bicyclic) bond motifs is 3. The minimum atomic E-state index is -0.384. The van der Waals surface area contributed by atoms with Crippen molar-refractivity contribution in [2.75, 3.05) is 39.4 Å². The summed E-state index contributed by atoms with van der Waals surface area (Å²) in [5.41, 5.74) is 1.66. The molecule has 9 heteroatoms. The Labute approximate surface area is 203 Å². The number of pyridine rings is 1. The molecule has 184 valence electrons. The largest absolute Gasteiger partial charge is 0.486 e. The number of H-pyrrole nitrogens is 1. The minimum absolute atomic E-state index is 0.102. The lowest BCUT2D eigenvalue weighted by Gasteiger charge is -2.35. The van der Waals surface area contributed by atoms with Crippen LogP contribution in [0.15, 0.2) is 42.6 Å². The van der Waals surface area contributed by atoms with Crippen molar-refractivity contribution >= 4 is 22.8 Å². The number of ether oxygens (including phenoxy) is 3. The Morgan fingerprint density at radius 1 is 1.23 bits per heavy atom. The van der Waals surface area contributed by atoms with E-state index in [0.29, 0.717) is 48.6 Å². The van der Waals surface area contributed by atoms with Crippen molar-refractivity contribution in [3.8, 4) is 11.5 Å². The number of likely N-dealkylation sites (tertiary alicyclic amines) is 1. The maximum absolute atomic E-state index is 12.2. The van der Waals surface area contributed by atoms with Crippen LogP contribution in [0.5, 0.6) is 11.5 Å². The Morgan fingerprint density at radius 3 is 2.86 bits per heavy atom. The highest BCUT2D eigenvalue weighted by atomic mass is 16.6. The van der Waals surface area contributed by atoms with Gasteiger partial charge >= 0.3 is 5.97 Å². The molecule has 2 aliphatic heterocycles. The number of piperidine rings is 1. The van der Waals surface area contributed by atoms with Gasteiger partial charge in [-0.2, -0.15) is 0 Å². The SMILES string of the molecule is CCOC(=O)c1cc2c3c(ccc2[nH]1)OCC(CN1CCC(CNC(=O)c2ccccn2)CC1)O3. The second-order valence-electron chi connectivity index (χ2n) is 8.98. The number of esters is 1. The van der Waals surface area contributed by atoms with E-state index in [4.69, 9.17) is 14.2 Å². The molecule has 2 N–H and O–H groups in total. The highest BCUT2D eigenvalue weighted by molar-refractivity contribution is 5.98. The zero-order chi connectivity index (χ0) is 24.2. The molecule has 9 nitrogen and oxygen atoms in total. The van der Waals surface area contributed by atoms with Gasteiger partial charge < -0.3 is 24.5 Å². The Kier molecular flexibility index (Phi) is 6.85. The van der Waals surface area contributed by atoms with Crippen LogP contribution < -0.4 is 14.8 Å². The van der Waals surface area contributed by atoms with Crippen LogP contribution in [0.1, 0.15) is 40.7 Å². The average Bonchev–Trinajstić information content (AvgIpc) is 3.34. The molecule has 1 fully saturated rings. The summed E-state index contributed by atoms with van der Waals surface area (Å²) < 4.78 is 17.5. The van der Waals surface area contributed by atoms with Crippen LogP contribution in [-0.4, -0.2) is 72.2 Å². The molecular weight excluding hydrogens is 448 g/mol. The average molecular weight is 479 g/mol. The molecule has 2 aliphatic rings. The molecule has 0 radical (unpaired) electrons. The molecule has 0 aliphatic carbocycles. The van der Waals surface area contributed by atoms with Gasteiger partial charge in [0.05, 0.1) is 12.1 Å². The number of aromatic nitrogens is 2. The number of hydrogen-bond acceptors (Lipinski definition) is 7. The van der Waals surface area contributed by atoms with E-state index in [2.05, 4.69) is 20.2 Å². The first-order valence-corrected chi connectivity index (χ1v) is 12.1. The quantitative estimate of drug-likeness (QED) is 0.503. The van der Waals surface area contributed by atoms with Crippen molar-refractivity contribution in [3.05, 3.63) is 54.0 Å². The predicted octanol–water partition coefficient (Wildman–Crippen LogP) is 3.02. The second-order valence-corrected chi connectivity index (χ2v) is 8.98. The summed E-state index contributed by atoms with van der Waals surface area (Å²) in [6.45, 7) is 5.89. The van der Waals surface area contributed by atoms with E-state index in [1.54, 1.807) is 31.3 Å². The van der Waals surface area contributed by atoms with Gasteiger partial charge in [0.25, 0.3) is 5.91 Å². The number of benzene rings is 1. The molecule has 0 spiro atoms. The highest BCUT2D eigenvalue weighted by Crippen LogP contribution is 2.39. The van der Waals surface area contributed by atoms with Gasteiger partial charge in [-0.25, -0.2) is 4.79 Å². The Hall–Kier alpha value is -3.59. The van der Waals surface area contributed by atoms with E-state index in [1.165, 1.54) is 0 Å². The Bertz CT molecular complexity index is 1190. The first-order valence-electron chi connectivity index (χ1n) is 12.1. The molecule has 1 unspecified atom stereocenters. The van der Waals surface area contributed by atoms with Crippen molar-refractivity contribution in [2.45, 2.75) is 25.9 Å². The van der Waals surface area contributed by atoms with Gasteiger partial charge in [-0.15, -0.1) is 0 Å². The molecule has 2 aromatic heterocycles. The summed E-state index contributed by atoms with van der Waals surface area (Å²) in [4.78, 5) is 34.0. The molecule has 1 amide bonds. The second kappa shape index (κ2) is 10.4. The number of carbonyl (C=O) groups is 2. The number of hydrogen-bond donors (Lipinski definition) is 2. The van der Waals surface area contributed by atoms with E-state index in [-0.39, 0.29) is 18.0 Å². The minimum Gasteiger partial charge on any atom is -0.486 e. The van der Waals surface area contributed by atoms with Gasteiger partial charge in [-0.3, -0.25) is 14.7 Å². The van der Waals surface area contributed by atoms with Gasteiger partial charge in [0, 0.05) is 24.7 Å². The first-order chi connectivity index (χ1) is 17.1. The molecule has 0 saturated carbocycles. The fraction of sp³-hybridized carbons (Fsp3) is 0.423. The number of nitrogens with one attached hydrogen (secondary N) is 2. The van der Waals surface area contributed by atoms with Gasteiger partial charge in [0.15, 0.2) is 11.5 Å². The fourth-order valence-electron chi connectivity index (χ4n) is 4.67.